The van der Waals surface area contributed by atoms with E-state index in [4.69, 9.17) is 0 Å². The van der Waals surface area contributed by atoms with Crippen LogP contribution in [-0.2, 0) is 6.42 Å². The minimum Gasteiger partial charge on any atom is -0.350 e. The molecule has 0 atom stereocenters. The molecule has 0 spiro atoms. The summed E-state index contributed by atoms with van der Waals surface area (Å²) < 4.78 is 14.5. The monoisotopic (exact) mass is 426 g/mol. The van der Waals surface area contributed by atoms with Crippen molar-refractivity contribution in [2.45, 2.75) is 19.3 Å². The Morgan fingerprint density at radius 1 is 1.27 bits per heavy atom. The van der Waals surface area contributed by atoms with Gasteiger partial charge in [-0.3, -0.25) is 4.79 Å². The number of carbonyl (C=O) groups excluding carboxylic acids is 1. The Hall–Kier alpha value is -2.65. The van der Waals surface area contributed by atoms with Crippen LogP contribution in [0.25, 0.3) is 10.3 Å². The minimum absolute atomic E-state index is 0.184. The molecule has 30 heavy (non-hydrogen) atoms. The zero-order chi connectivity index (χ0) is 20.7. The predicted octanol–water partition coefficient (Wildman–Crippen LogP) is 2.99. The Kier molecular flexibility index (Phi) is 5.08. The third kappa shape index (κ3) is 3.52. The van der Waals surface area contributed by atoms with E-state index in [0.29, 0.717) is 45.9 Å². The molecule has 5 rings (SSSR count). The van der Waals surface area contributed by atoms with Crippen LogP contribution in [0.4, 0.5) is 15.9 Å². The van der Waals surface area contributed by atoms with Gasteiger partial charge in [0.05, 0.1) is 5.69 Å². The summed E-state index contributed by atoms with van der Waals surface area (Å²) in [5, 5.41) is 3.40. The number of piperidine rings is 1. The van der Waals surface area contributed by atoms with Gasteiger partial charge < -0.3 is 15.1 Å². The lowest BCUT2D eigenvalue weighted by molar-refractivity contribution is 0.0939. The molecule has 4 heterocycles. The highest BCUT2D eigenvalue weighted by Gasteiger charge is 2.28. The first-order chi connectivity index (χ1) is 14.6. The van der Waals surface area contributed by atoms with Gasteiger partial charge in [0.25, 0.3) is 5.91 Å². The number of rotatable bonds is 4. The van der Waals surface area contributed by atoms with E-state index in [-0.39, 0.29) is 11.7 Å². The third-order valence-corrected chi connectivity index (χ3v) is 6.92. The van der Waals surface area contributed by atoms with E-state index in [9.17, 15) is 9.18 Å². The first-order valence-electron chi connectivity index (χ1n) is 10.2. The van der Waals surface area contributed by atoms with E-state index < -0.39 is 0 Å². The Labute approximate surface area is 178 Å². The van der Waals surface area contributed by atoms with E-state index in [1.165, 1.54) is 23.7 Å². The van der Waals surface area contributed by atoms with Crippen LogP contribution in [0.1, 0.15) is 28.2 Å². The maximum absolute atomic E-state index is 14.5. The number of anilines is 2. The number of fused-ring (bicyclic) bond motifs is 2. The third-order valence-electron chi connectivity index (χ3n) is 5.96. The van der Waals surface area contributed by atoms with Crippen LogP contribution < -0.4 is 10.2 Å². The van der Waals surface area contributed by atoms with Crippen molar-refractivity contribution in [3.63, 3.8) is 0 Å². The van der Waals surface area contributed by atoms with Gasteiger partial charge in [0.2, 0.25) is 0 Å². The highest BCUT2D eigenvalue weighted by atomic mass is 32.1. The van der Waals surface area contributed by atoms with Crippen LogP contribution in [-0.4, -0.2) is 59.0 Å². The van der Waals surface area contributed by atoms with Crippen molar-refractivity contribution in [2.75, 3.05) is 38.1 Å². The lowest BCUT2D eigenvalue weighted by atomic mass is 9.97. The summed E-state index contributed by atoms with van der Waals surface area (Å²) in [5.41, 5.74) is 2.04. The number of hydrogen-bond donors (Lipinski definition) is 1. The molecule has 1 amide bonds. The Morgan fingerprint density at radius 3 is 2.93 bits per heavy atom. The number of carbonyl (C=O) groups is 1. The smallest absolute Gasteiger partial charge is 0.280 e. The fourth-order valence-electron chi connectivity index (χ4n) is 4.24. The number of para-hydroxylation sites is 1. The van der Waals surface area contributed by atoms with Crippen LogP contribution in [0.2, 0.25) is 0 Å². The lowest BCUT2D eigenvalue weighted by Gasteiger charge is -2.28. The maximum atomic E-state index is 14.5. The molecule has 0 aliphatic carbocycles. The first kappa shape index (κ1) is 19.3. The van der Waals surface area contributed by atoms with Gasteiger partial charge in [-0.25, -0.2) is 19.3 Å². The minimum atomic E-state index is -0.275. The topological polar surface area (TPSA) is 74.2 Å². The first-order valence-corrected chi connectivity index (χ1v) is 11.0. The van der Waals surface area contributed by atoms with E-state index >= 15 is 0 Å². The molecular weight excluding hydrogens is 403 g/mol. The molecule has 1 N–H and O–H groups in total. The number of nitrogens with one attached hydrogen (secondary N) is 1. The van der Waals surface area contributed by atoms with Crippen LogP contribution in [0.15, 0.2) is 24.5 Å². The molecule has 2 aromatic heterocycles. The Balaban J connectivity index is 1.38. The van der Waals surface area contributed by atoms with Gasteiger partial charge in [0.15, 0.2) is 10.8 Å². The average molecular weight is 427 g/mol. The molecule has 2 aliphatic rings. The van der Waals surface area contributed by atoms with Crippen molar-refractivity contribution < 1.29 is 9.18 Å². The summed E-state index contributed by atoms with van der Waals surface area (Å²) in [6.45, 7) is 3.41. The van der Waals surface area contributed by atoms with Crippen LogP contribution in [0.3, 0.4) is 0 Å². The number of likely N-dealkylation sites (tertiary alicyclic amines) is 1. The fourth-order valence-corrected chi connectivity index (χ4v) is 5.05. The zero-order valence-corrected chi connectivity index (χ0v) is 17.6. The van der Waals surface area contributed by atoms with Gasteiger partial charge in [-0.2, -0.15) is 0 Å². The van der Waals surface area contributed by atoms with E-state index in [1.54, 1.807) is 6.07 Å². The number of halogens is 1. The predicted molar refractivity (Wildman–Crippen MR) is 115 cm³/mol. The summed E-state index contributed by atoms with van der Waals surface area (Å²) in [4.78, 5) is 30.7. The second-order valence-electron chi connectivity index (χ2n) is 7.98. The molecule has 0 saturated carbocycles. The van der Waals surface area contributed by atoms with Gasteiger partial charge in [-0.05, 0) is 56.9 Å². The van der Waals surface area contributed by atoms with Gasteiger partial charge in [-0.15, -0.1) is 0 Å². The molecule has 1 saturated heterocycles. The highest BCUT2D eigenvalue weighted by molar-refractivity contribution is 7.19. The van der Waals surface area contributed by atoms with Gasteiger partial charge in [0.1, 0.15) is 22.5 Å². The molecule has 1 fully saturated rings. The summed E-state index contributed by atoms with van der Waals surface area (Å²) in [6, 6.07) is 5.11. The molecule has 7 nitrogen and oxygen atoms in total. The SMILES string of the molecule is CN1CCC(CNC(=O)c2nc3c(N4CCc5cccc(F)c54)ncnc3s2)CC1. The van der Waals surface area contributed by atoms with Crippen molar-refractivity contribution >= 4 is 39.1 Å². The fraction of sp³-hybridized carbons (Fsp3) is 0.429. The van der Waals surface area contributed by atoms with Gasteiger partial charge in [-0.1, -0.05) is 23.5 Å². The second kappa shape index (κ2) is 7.88. The van der Waals surface area contributed by atoms with Crippen molar-refractivity contribution in [1.29, 1.82) is 0 Å². The largest absolute Gasteiger partial charge is 0.350 e. The summed E-state index contributed by atoms with van der Waals surface area (Å²) >= 11 is 1.25. The molecule has 2 aliphatic heterocycles. The second-order valence-corrected chi connectivity index (χ2v) is 8.95. The normalized spacial score (nSPS) is 17.5. The number of amides is 1. The summed E-state index contributed by atoms with van der Waals surface area (Å²) in [5.74, 6) is 0.590. The van der Waals surface area contributed by atoms with Gasteiger partial charge in [0, 0.05) is 13.1 Å². The number of aromatic nitrogens is 3. The van der Waals surface area contributed by atoms with E-state index in [2.05, 4.69) is 32.2 Å². The molecule has 0 bridgehead atoms. The van der Waals surface area contributed by atoms with Crippen molar-refractivity contribution in [3.05, 3.63) is 40.9 Å². The molecule has 3 aromatic rings. The maximum Gasteiger partial charge on any atom is 0.280 e. The van der Waals surface area contributed by atoms with Crippen molar-refractivity contribution in [3.8, 4) is 0 Å². The summed E-state index contributed by atoms with van der Waals surface area (Å²) in [6.07, 6.45) is 4.37. The molecular formula is C21H23FN6OS. The molecule has 0 unspecified atom stereocenters. The molecule has 9 heteroatoms. The standard InChI is InChI=1S/C21H23FN6OS/c1-27-8-5-13(6-9-27)11-23-19(29)21-26-16-18(24-12-25-20(16)30-21)28-10-7-14-3-2-4-15(22)17(14)28/h2-4,12-13H,5-11H2,1H3,(H,23,29). The Morgan fingerprint density at radius 2 is 2.10 bits per heavy atom. The zero-order valence-electron chi connectivity index (χ0n) is 16.8. The summed E-state index contributed by atoms with van der Waals surface area (Å²) in [7, 11) is 2.12. The highest BCUT2D eigenvalue weighted by Crippen LogP contribution is 2.38. The van der Waals surface area contributed by atoms with Crippen molar-refractivity contribution in [2.24, 2.45) is 5.92 Å². The number of hydrogen-bond acceptors (Lipinski definition) is 7. The van der Waals surface area contributed by atoms with Crippen LogP contribution in [0, 0.1) is 11.7 Å². The van der Waals surface area contributed by atoms with E-state index in [0.717, 1.165) is 37.9 Å². The van der Waals surface area contributed by atoms with Crippen molar-refractivity contribution in [1.82, 2.24) is 25.2 Å². The van der Waals surface area contributed by atoms with E-state index in [1.807, 2.05) is 11.0 Å². The lowest BCUT2D eigenvalue weighted by Crippen LogP contribution is -2.36. The van der Waals surface area contributed by atoms with Gasteiger partial charge >= 0.3 is 0 Å². The number of benzene rings is 1. The molecule has 156 valence electrons. The Bertz CT molecular complexity index is 1090. The quantitative estimate of drug-likeness (QED) is 0.691. The van der Waals surface area contributed by atoms with Crippen LogP contribution >= 0.6 is 11.3 Å². The molecule has 0 radical (unpaired) electrons. The number of nitrogens with zero attached hydrogens (tertiary/aromatic N) is 5. The number of thiazole rings is 1. The van der Waals surface area contributed by atoms with Crippen LogP contribution in [0.5, 0.6) is 0 Å². The molecule has 1 aromatic carbocycles. The average Bonchev–Trinajstić information content (AvgIpc) is 3.38.